The molecule has 0 spiro atoms. The molecule has 1 aliphatic rings. The van der Waals surface area contributed by atoms with Crippen molar-refractivity contribution >= 4 is 27.5 Å². The minimum Gasteiger partial charge on any atom is -0.469 e. The van der Waals surface area contributed by atoms with Crippen LogP contribution in [0.25, 0.3) is 0 Å². The minimum atomic E-state index is -3.70. The number of hydrogen-bond donors (Lipinski definition) is 0. The van der Waals surface area contributed by atoms with Gasteiger partial charge in [-0.2, -0.15) is 0 Å². The van der Waals surface area contributed by atoms with E-state index in [0.717, 1.165) is 0 Å². The zero-order valence-corrected chi connectivity index (χ0v) is 16.2. The molecular formula is C20H19NO6S. The molecular weight excluding hydrogens is 382 g/mol. The summed E-state index contributed by atoms with van der Waals surface area (Å²) in [7, 11) is -1.20. The summed E-state index contributed by atoms with van der Waals surface area (Å²) in [6.07, 6.45) is 0.0641. The zero-order chi connectivity index (χ0) is 20.3. The number of benzene rings is 2. The fourth-order valence-electron chi connectivity index (χ4n) is 3.08. The number of ether oxygens (including phenoxy) is 2. The molecule has 28 heavy (non-hydrogen) atoms. The van der Waals surface area contributed by atoms with E-state index in [-0.39, 0.29) is 22.6 Å². The standard InChI is InChI=1S/C20H19NO6S/c1-26-18(22)12-11-15(20(23)27-2)21-19-13-7-3-5-9-16(13)28(24,25)17-10-6-4-8-14(17)19/h3-10,15H,11-12H2,1-2H3. The van der Waals surface area contributed by atoms with Gasteiger partial charge in [-0.25, -0.2) is 13.2 Å². The quantitative estimate of drug-likeness (QED) is 0.608. The maximum absolute atomic E-state index is 13.0. The van der Waals surface area contributed by atoms with Gasteiger partial charge in [0.05, 0.1) is 29.7 Å². The summed E-state index contributed by atoms with van der Waals surface area (Å²) in [5, 5.41) is 0. The molecule has 0 aromatic heterocycles. The first kappa shape index (κ1) is 19.8. The molecule has 2 aromatic carbocycles. The summed E-state index contributed by atoms with van der Waals surface area (Å²) in [4.78, 5) is 28.5. The van der Waals surface area contributed by atoms with Crippen LogP contribution in [0.15, 0.2) is 63.3 Å². The number of methoxy groups -OCH3 is 2. The van der Waals surface area contributed by atoms with Crippen molar-refractivity contribution in [1.82, 2.24) is 0 Å². The summed E-state index contributed by atoms with van der Waals surface area (Å²) in [6, 6.07) is 12.0. The van der Waals surface area contributed by atoms with Crippen LogP contribution < -0.4 is 0 Å². The smallest absolute Gasteiger partial charge is 0.330 e. The van der Waals surface area contributed by atoms with Gasteiger partial charge >= 0.3 is 11.9 Å². The number of esters is 2. The number of fused-ring (bicyclic) bond motifs is 2. The normalized spacial score (nSPS) is 15.0. The summed E-state index contributed by atoms with van der Waals surface area (Å²) >= 11 is 0. The van der Waals surface area contributed by atoms with Crippen molar-refractivity contribution in [2.24, 2.45) is 4.99 Å². The fourth-order valence-corrected chi connectivity index (χ4v) is 4.74. The number of carbonyl (C=O) groups excluding carboxylic acids is 2. The van der Waals surface area contributed by atoms with Crippen LogP contribution in [-0.2, 0) is 28.9 Å². The first-order valence-corrected chi connectivity index (χ1v) is 10.0. The van der Waals surface area contributed by atoms with Crippen molar-refractivity contribution in [1.29, 1.82) is 0 Å². The Morgan fingerprint density at radius 1 is 0.929 bits per heavy atom. The third-order valence-electron chi connectivity index (χ3n) is 4.47. The number of carbonyl (C=O) groups is 2. The molecule has 0 saturated carbocycles. The van der Waals surface area contributed by atoms with Crippen LogP contribution in [0.5, 0.6) is 0 Å². The molecule has 0 N–H and O–H groups in total. The van der Waals surface area contributed by atoms with E-state index in [9.17, 15) is 18.0 Å². The fraction of sp³-hybridized carbons (Fsp3) is 0.250. The molecule has 7 nitrogen and oxygen atoms in total. The van der Waals surface area contributed by atoms with Crippen molar-refractivity contribution in [2.75, 3.05) is 14.2 Å². The lowest BCUT2D eigenvalue weighted by atomic mass is 10.0. The van der Waals surface area contributed by atoms with Crippen molar-refractivity contribution in [3.05, 3.63) is 59.7 Å². The average molecular weight is 401 g/mol. The molecule has 0 aliphatic carbocycles. The molecule has 0 fully saturated rings. The van der Waals surface area contributed by atoms with Gasteiger partial charge in [0.1, 0.15) is 6.04 Å². The molecule has 0 bridgehead atoms. The van der Waals surface area contributed by atoms with E-state index in [0.29, 0.717) is 16.8 Å². The van der Waals surface area contributed by atoms with Crippen molar-refractivity contribution < 1.29 is 27.5 Å². The van der Waals surface area contributed by atoms with Gasteiger partial charge in [0.2, 0.25) is 9.84 Å². The highest BCUT2D eigenvalue weighted by Gasteiger charge is 2.34. The third-order valence-corrected chi connectivity index (χ3v) is 6.34. The number of hydrogen-bond acceptors (Lipinski definition) is 7. The van der Waals surface area contributed by atoms with Gasteiger partial charge in [0, 0.05) is 17.5 Å². The van der Waals surface area contributed by atoms with Crippen molar-refractivity contribution in [3.63, 3.8) is 0 Å². The molecule has 0 amide bonds. The second-order valence-electron chi connectivity index (χ2n) is 6.13. The number of nitrogens with zero attached hydrogens (tertiary/aromatic N) is 1. The Balaban J connectivity index is 2.16. The van der Waals surface area contributed by atoms with Gasteiger partial charge in [-0.15, -0.1) is 0 Å². The molecule has 8 heteroatoms. The number of aliphatic imine (C=N–C) groups is 1. The van der Waals surface area contributed by atoms with Crippen LogP contribution in [0.3, 0.4) is 0 Å². The summed E-state index contributed by atoms with van der Waals surface area (Å²) < 4.78 is 35.4. The van der Waals surface area contributed by atoms with Gasteiger partial charge in [0.25, 0.3) is 0 Å². The largest absolute Gasteiger partial charge is 0.469 e. The maximum atomic E-state index is 13.0. The van der Waals surface area contributed by atoms with Crippen LogP contribution in [0, 0.1) is 0 Å². The molecule has 0 saturated heterocycles. The molecule has 1 aliphatic heterocycles. The molecule has 2 aromatic rings. The lowest BCUT2D eigenvalue weighted by molar-refractivity contribution is -0.143. The lowest BCUT2D eigenvalue weighted by Crippen LogP contribution is -2.27. The van der Waals surface area contributed by atoms with Gasteiger partial charge in [-0.05, 0) is 18.6 Å². The molecule has 1 atom stereocenters. The summed E-state index contributed by atoms with van der Waals surface area (Å²) in [6.45, 7) is 0. The first-order chi connectivity index (χ1) is 13.4. The van der Waals surface area contributed by atoms with E-state index >= 15 is 0 Å². The zero-order valence-electron chi connectivity index (χ0n) is 15.4. The maximum Gasteiger partial charge on any atom is 0.330 e. The molecule has 0 radical (unpaired) electrons. The second-order valence-corrected chi connectivity index (χ2v) is 8.01. The third kappa shape index (κ3) is 3.55. The highest BCUT2D eigenvalue weighted by atomic mass is 32.2. The second kappa shape index (κ2) is 7.93. The average Bonchev–Trinajstić information content (AvgIpc) is 2.72. The van der Waals surface area contributed by atoms with E-state index in [1.807, 2.05) is 0 Å². The van der Waals surface area contributed by atoms with Crippen molar-refractivity contribution in [2.45, 2.75) is 28.7 Å². The van der Waals surface area contributed by atoms with E-state index in [2.05, 4.69) is 9.73 Å². The molecule has 1 unspecified atom stereocenters. The molecule has 146 valence electrons. The van der Waals surface area contributed by atoms with E-state index in [1.54, 1.807) is 36.4 Å². The Hall–Kier alpha value is -3.00. The predicted molar refractivity (Wildman–Crippen MR) is 101 cm³/mol. The van der Waals surface area contributed by atoms with Crippen LogP contribution in [0.2, 0.25) is 0 Å². The van der Waals surface area contributed by atoms with Crippen molar-refractivity contribution in [3.8, 4) is 0 Å². The summed E-state index contributed by atoms with van der Waals surface area (Å²) in [5.74, 6) is -1.08. The predicted octanol–water partition coefficient (Wildman–Crippen LogP) is 2.17. The molecule has 1 heterocycles. The monoisotopic (exact) mass is 401 g/mol. The van der Waals surface area contributed by atoms with E-state index in [4.69, 9.17) is 4.74 Å². The Bertz CT molecular complexity index is 1000. The van der Waals surface area contributed by atoms with Crippen LogP contribution >= 0.6 is 0 Å². The van der Waals surface area contributed by atoms with Gasteiger partial charge < -0.3 is 9.47 Å². The lowest BCUT2D eigenvalue weighted by Gasteiger charge is -2.23. The number of sulfone groups is 1. The van der Waals surface area contributed by atoms with Crippen LogP contribution in [-0.4, -0.2) is 46.3 Å². The Morgan fingerprint density at radius 2 is 1.46 bits per heavy atom. The van der Waals surface area contributed by atoms with Crippen LogP contribution in [0.1, 0.15) is 24.0 Å². The first-order valence-electron chi connectivity index (χ1n) is 8.56. The Kier molecular flexibility index (Phi) is 5.60. The topological polar surface area (TPSA) is 99.1 Å². The van der Waals surface area contributed by atoms with Gasteiger partial charge in [-0.3, -0.25) is 9.79 Å². The van der Waals surface area contributed by atoms with Crippen LogP contribution in [0.4, 0.5) is 0 Å². The summed E-state index contributed by atoms with van der Waals surface area (Å²) in [5.41, 5.74) is 1.20. The van der Waals surface area contributed by atoms with E-state index < -0.39 is 27.8 Å². The van der Waals surface area contributed by atoms with Gasteiger partial charge in [-0.1, -0.05) is 36.4 Å². The SMILES string of the molecule is COC(=O)CCC(N=C1c2ccccc2S(=O)(=O)c2ccccc21)C(=O)OC. The highest BCUT2D eigenvalue weighted by Crippen LogP contribution is 2.35. The minimum absolute atomic E-state index is 0.0192. The Labute approximate surface area is 162 Å². The highest BCUT2D eigenvalue weighted by molar-refractivity contribution is 7.91. The Morgan fingerprint density at radius 3 is 1.96 bits per heavy atom. The van der Waals surface area contributed by atoms with Gasteiger partial charge in [0.15, 0.2) is 0 Å². The number of rotatable bonds is 5. The molecule has 3 rings (SSSR count). The van der Waals surface area contributed by atoms with E-state index in [1.165, 1.54) is 26.4 Å².